The van der Waals surface area contributed by atoms with E-state index < -0.39 is 10.1 Å². The fraction of sp³-hybridized carbons (Fsp3) is 0.667. The van der Waals surface area contributed by atoms with Gasteiger partial charge in [-0.1, -0.05) is 19.9 Å². The van der Waals surface area contributed by atoms with Gasteiger partial charge >= 0.3 is 29.6 Å². The Morgan fingerprint density at radius 1 is 1.55 bits per heavy atom. The summed E-state index contributed by atoms with van der Waals surface area (Å²) in [5, 5.41) is 0.808. The van der Waals surface area contributed by atoms with Crippen molar-refractivity contribution in [1.82, 2.24) is 0 Å². The molecule has 0 amide bonds. The van der Waals surface area contributed by atoms with Crippen molar-refractivity contribution in [3.05, 3.63) is 12.0 Å². The van der Waals surface area contributed by atoms with Gasteiger partial charge in [0.15, 0.2) is 0 Å². The van der Waals surface area contributed by atoms with Crippen LogP contribution in [0.5, 0.6) is 0 Å². The monoisotopic (exact) mass is 188 g/mol. The summed E-state index contributed by atoms with van der Waals surface area (Å²) in [6.45, 7) is 5.32. The van der Waals surface area contributed by atoms with Crippen LogP contribution in [0.15, 0.2) is 12.0 Å². The Morgan fingerprint density at radius 2 is 2.09 bits per heavy atom. The first-order valence-corrected chi connectivity index (χ1v) is 4.61. The molecule has 0 aliphatic carbocycles. The standard InChI is InChI=1S/C6H12O3S.Na.H/c1-3-5-6-9-10(7,8)4-2;;/h4H,2-3,5-6H2,1H3;;. The zero-order valence-corrected chi connectivity index (χ0v) is 6.86. The number of rotatable bonds is 5. The van der Waals surface area contributed by atoms with Crippen molar-refractivity contribution in [2.24, 2.45) is 0 Å². The van der Waals surface area contributed by atoms with E-state index in [1.807, 2.05) is 6.92 Å². The third kappa shape index (κ3) is 8.56. The van der Waals surface area contributed by atoms with Gasteiger partial charge in [-0.25, -0.2) is 0 Å². The minimum absolute atomic E-state index is 0. The zero-order chi connectivity index (χ0) is 8.04. The van der Waals surface area contributed by atoms with Crippen molar-refractivity contribution in [3.63, 3.8) is 0 Å². The zero-order valence-electron chi connectivity index (χ0n) is 6.04. The van der Waals surface area contributed by atoms with E-state index in [2.05, 4.69) is 10.8 Å². The van der Waals surface area contributed by atoms with Crippen LogP contribution in [-0.4, -0.2) is 44.6 Å². The Morgan fingerprint density at radius 3 is 2.45 bits per heavy atom. The van der Waals surface area contributed by atoms with Gasteiger partial charge in [-0.05, 0) is 6.42 Å². The number of hydrogen-bond donors (Lipinski definition) is 0. The summed E-state index contributed by atoms with van der Waals surface area (Å²) in [6, 6.07) is 0. The molecule has 0 saturated heterocycles. The second kappa shape index (κ2) is 7.31. The Labute approximate surface area is 90.2 Å². The first-order chi connectivity index (χ1) is 4.62. The molecule has 0 unspecified atom stereocenters. The van der Waals surface area contributed by atoms with Crippen LogP contribution in [-0.2, 0) is 14.3 Å². The summed E-state index contributed by atoms with van der Waals surface area (Å²) < 4.78 is 25.5. The van der Waals surface area contributed by atoms with E-state index in [-0.39, 0.29) is 36.2 Å². The van der Waals surface area contributed by atoms with E-state index >= 15 is 0 Å². The first kappa shape index (κ1) is 14.2. The fourth-order valence-corrected chi connectivity index (χ4v) is 0.814. The Bertz CT molecular complexity index is 186. The molecule has 0 radical (unpaired) electrons. The fourth-order valence-electron chi connectivity index (χ4n) is 0.368. The maximum atomic E-state index is 10.5. The van der Waals surface area contributed by atoms with Gasteiger partial charge in [0.25, 0.3) is 10.1 Å². The molecule has 0 aromatic heterocycles. The molecule has 0 N–H and O–H groups in total. The van der Waals surface area contributed by atoms with Crippen LogP contribution in [0, 0.1) is 0 Å². The van der Waals surface area contributed by atoms with Crippen LogP contribution >= 0.6 is 0 Å². The summed E-state index contributed by atoms with van der Waals surface area (Å²) in [5.74, 6) is 0. The summed E-state index contributed by atoms with van der Waals surface area (Å²) in [4.78, 5) is 0. The third-order valence-electron chi connectivity index (χ3n) is 0.950. The van der Waals surface area contributed by atoms with E-state index in [1.165, 1.54) is 0 Å². The van der Waals surface area contributed by atoms with Crippen LogP contribution in [0.2, 0.25) is 0 Å². The Hall–Kier alpha value is 0.650. The summed E-state index contributed by atoms with van der Waals surface area (Å²) in [7, 11) is -3.43. The predicted octanol–water partition coefficient (Wildman–Crippen LogP) is 0.628. The van der Waals surface area contributed by atoms with Crippen molar-refractivity contribution in [2.45, 2.75) is 19.8 Å². The van der Waals surface area contributed by atoms with Gasteiger partial charge in [-0.15, -0.1) is 0 Å². The van der Waals surface area contributed by atoms with Gasteiger partial charge in [0.2, 0.25) is 0 Å². The summed E-state index contributed by atoms with van der Waals surface area (Å²) in [5.41, 5.74) is 0. The van der Waals surface area contributed by atoms with E-state index in [0.29, 0.717) is 0 Å². The van der Waals surface area contributed by atoms with E-state index in [9.17, 15) is 8.42 Å². The van der Waals surface area contributed by atoms with Gasteiger partial charge in [0.1, 0.15) is 0 Å². The average molecular weight is 188 g/mol. The summed E-state index contributed by atoms with van der Waals surface area (Å²) >= 11 is 0. The third-order valence-corrected chi connectivity index (χ3v) is 1.85. The molecule has 0 rings (SSSR count). The van der Waals surface area contributed by atoms with Crippen molar-refractivity contribution < 1.29 is 12.6 Å². The minimum atomic E-state index is -3.43. The molecule has 0 saturated carbocycles. The molecular formula is C6H13NaO3S. The molecule has 0 bridgehead atoms. The van der Waals surface area contributed by atoms with Crippen LogP contribution in [0.1, 0.15) is 19.8 Å². The van der Waals surface area contributed by atoms with Crippen molar-refractivity contribution >= 4 is 39.7 Å². The Balaban J connectivity index is 0. The van der Waals surface area contributed by atoms with E-state index in [4.69, 9.17) is 0 Å². The maximum absolute atomic E-state index is 10.5. The Kier molecular flexibility index (Phi) is 9.43. The van der Waals surface area contributed by atoms with Gasteiger partial charge in [0.05, 0.1) is 12.0 Å². The normalized spacial score (nSPS) is 10.3. The molecule has 3 nitrogen and oxygen atoms in total. The molecule has 0 fully saturated rings. The number of hydrogen-bond acceptors (Lipinski definition) is 3. The molecule has 5 heteroatoms. The van der Waals surface area contributed by atoms with Gasteiger partial charge < -0.3 is 0 Å². The average Bonchev–Trinajstić information content (AvgIpc) is 1.89. The van der Waals surface area contributed by atoms with E-state index in [0.717, 1.165) is 18.2 Å². The summed E-state index contributed by atoms with van der Waals surface area (Å²) in [6.07, 6.45) is 1.68. The molecule has 0 aliphatic heterocycles. The molecule has 0 atom stereocenters. The van der Waals surface area contributed by atoms with Crippen LogP contribution in [0.25, 0.3) is 0 Å². The second-order valence-electron chi connectivity index (χ2n) is 1.83. The molecule has 0 aliphatic rings. The molecule has 62 valence electrons. The van der Waals surface area contributed by atoms with Gasteiger partial charge in [-0.3, -0.25) is 4.18 Å². The van der Waals surface area contributed by atoms with Crippen molar-refractivity contribution in [2.75, 3.05) is 6.61 Å². The molecular weight excluding hydrogens is 175 g/mol. The first-order valence-electron chi connectivity index (χ1n) is 3.14. The van der Waals surface area contributed by atoms with Crippen molar-refractivity contribution in [3.8, 4) is 0 Å². The van der Waals surface area contributed by atoms with E-state index in [1.54, 1.807) is 0 Å². The van der Waals surface area contributed by atoms with Crippen LogP contribution in [0.3, 0.4) is 0 Å². The van der Waals surface area contributed by atoms with Crippen molar-refractivity contribution in [1.29, 1.82) is 0 Å². The van der Waals surface area contributed by atoms with Crippen LogP contribution < -0.4 is 0 Å². The molecule has 0 aromatic rings. The molecule has 0 aromatic carbocycles. The molecule has 0 spiro atoms. The van der Waals surface area contributed by atoms with Gasteiger partial charge in [-0.2, -0.15) is 8.42 Å². The second-order valence-corrected chi connectivity index (χ2v) is 3.39. The van der Waals surface area contributed by atoms with Crippen LogP contribution in [0.4, 0.5) is 0 Å². The number of unbranched alkanes of at least 4 members (excludes halogenated alkanes) is 1. The molecule has 0 heterocycles. The quantitative estimate of drug-likeness (QED) is 0.361. The topological polar surface area (TPSA) is 43.4 Å². The predicted molar refractivity (Wildman–Crippen MR) is 47.1 cm³/mol. The molecule has 11 heavy (non-hydrogen) atoms. The van der Waals surface area contributed by atoms with Gasteiger partial charge in [0, 0.05) is 0 Å². The SMILES string of the molecule is C=CS(=O)(=O)OCCCC.[NaH].